The van der Waals surface area contributed by atoms with E-state index in [2.05, 4.69) is 10.2 Å². The van der Waals surface area contributed by atoms with Crippen molar-refractivity contribution in [3.8, 4) is 0 Å². The molecule has 0 aliphatic carbocycles. The number of nitrogens with one attached hydrogen (secondary N) is 1. The van der Waals surface area contributed by atoms with Gasteiger partial charge in [-0.2, -0.15) is 0 Å². The summed E-state index contributed by atoms with van der Waals surface area (Å²) in [6, 6.07) is 7.64. The Labute approximate surface area is 109 Å². The first kappa shape index (κ1) is 13.4. The number of hydrogen-bond acceptors (Lipinski definition) is 4. The maximum Gasteiger partial charge on any atom is 0.180 e. The second-order valence-electron chi connectivity index (χ2n) is 4.63. The summed E-state index contributed by atoms with van der Waals surface area (Å²) in [5.74, 6) is 0.140. The van der Waals surface area contributed by atoms with E-state index in [1.165, 1.54) is 0 Å². The highest BCUT2D eigenvalue weighted by Crippen LogP contribution is 2.27. The van der Waals surface area contributed by atoms with E-state index in [1.807, 2.05) is 19.2 Å². The Morgan fingerprint density at radius 1 is 1.39 bits per heavy atom. The highest BCUT2D eigenvalue weighted by Gasteiger charge is 2.24. The maximum absolute atomic E-state index is 12.1. The van der Waals surface area contributed by atoms with Gasteiger partial charge in [-0.15, -0.1) is 0 Å². The fourth-order valence-electron chi connectivity index (χ4n) is 2.33. The van der Waals surface area contributed by atoms with Crippen molar-refractivity contribution >= 4 is 15.5 Å². The highest BCUT2D eigenvalue weighted by molar-refractivity contribution is 7.91. The van der Waals surface area contributed by atoms with E-state index in [0.29, 0.717) is 10.9 Å². The van der Waals surface area contributed by atoms with Gasteiger partial charge in [-0.05, 0) is 25.1 Å². The lowest BCUT2D eigenvalue weighted by atomic mass is 10.2. The normalized spacial score (nSPS) is 20.0. The van der Waals surface area contributed by atoms with Crippen molar-refractivity contribution in [1.82, 2.24) is 5.32 Å². The molecular weight excluding hydrogens is 248 g/mol. The van der Waals surface area contributed by atoms with E-state index in [-0.39, 0.29) is 5.75 Å². The zero-order valence-corrected chi connectivity index (χ0v) is 11.7. The predicted molar refractivity (Wildman–Crippen MR) is 73.8 cm³/mol. The quantitative estimate of drug-likeness (QED) is 0.893. The van der Waals surface area contributed by atoms with Gasteiger partial charge < -0.3 is 10.2 Å². The Morgan fingerprint density at radius 2 is 2.11 bits per heavy atom. The molecule has 1 N–H and O–H groups in total. The minimum atomic E-state index is -3.17. The van der Waals surface area contributed by atoms with Gasteiger partial charge in [-0.3, -0.25) is 0 Å². The summed E-state index contributed by atoms with van der Waals surface area (Å²) in [5, 5.41) is 3.30. The van der Waals surface area contributed by atoms with Gasteiger partial charge in [0, 0.05) is 19.6 Å². The van der Waals surface area contributed by atoms with Crippen LogP contribution in [-0.2, 0) is 9.84 Å². The van der Waals surface area contributed by atoms with Gasteiger partial charge in [-0.1, -0.05) is 19.1 Å². The van der Waals surface area contributed by atoms with Gasteiger partial charge in [0.1, 0.15) is 0 Å². The van der Waals surface area contributed by atoms with E-state index < -0.39 is 9.84 Å². The molecule has 5 heteroatoms. The van der Waals surface area contributed by atoms with Gasteiger partial charge in [0.25, 0.3) is 0 Å². The van der Waals surface area contributed by atoms with Crippen LogP contribution in [0.3, 0.4) is 0 Å². The minimum Gasteiger partial charge on any atom is -0.369 e. The number of sulfone groups is 1. The highest BCUT2D eigenvalue weighted by atomic mass is 32.2. The molecule has 1 saturated heterocycles. The number of hydrogen-bond donors (Lipinski definition) is 1. The molecule has 0 bridgehead atoms. The van der Waals surface area contributed by atoms with Gasteiger partial charge in [-0.25, -0.2) is 8.42 Å². The van der Waals surface area contributed by atoms with Crippen LogP contribution in [0.2, 0.25) is 0 Å². The van der Waals surface area contributed by atoms with Crippen LogP contribution < -0.4 is 10.2 Å². The average Bonchev–Trinajstić information content (AvgIpc) is 2.92. The Kier molecular flexibility index (Phi) is 3.92. The molecule has 1 heterocycles. The van der Waals surface area contributed by atoms with E-state index in [0.717, 1.165) is 25.2 Å². The summed E-state index contributed by atoms with van der Waals surface area (Å²) in [6.45, 7) is 3.60. The van der Waals surface area contributed by atoms with Crippen LogP contribution in [0.15, 0.2) is 29.2 Å². The zero-order chi connectivity index (χ0) is 13.2. The maximum atomic E-state index is 12.1. The predicted octanol–water partition coefficient (Wildman–Crippen LogP) is 1.28. The summed E-state index contributed by atoms with van der Waals surface area (Å²) < 4.78 is 24.2. The van der Waals surface area contributed by atoms with E-state index in [4.69, 9.17) is 0 Å². The van der Waals surface area contributed by atoms with Gasteiger partial charge in [0.05, 0.1) is 16.3 Å². The number of likely N-dealkylation sites (N-methyl/N-ethyl adjacent to an activating group) is 1. The molecule has 18 heavy (non-hydrogen) atoms. The molecule has 1 aromatic carbocycles. The van der Waals surface area contributed by atoms with Crippen molar-refractivity contribution in [2.24, 2.45) is 0 Å². The van der Waals surface area contributed by atoms with E-state index in [9.17, 15) is 8.42 Å². The first-order chi connectivity index (χ1) is 8.56. The third-order valence-electron chi connectivity index (χ3n) is 3.54. The SMILES string of the molecule is CCS(=O)(=O)c1ccccc1N(C)C1CCNC1. The number of benzene rings is 1. The number of nitrogens with zero attached hydrogens (tertiary/aromatic N) is 1. The molecule has 0 amide bonds. The third-order valence-corrected chi connectivity index (χ3v) is 5.32. The molecular formula is C13H20N2O2S. The van der Waals surface area contributed by atoms with Crippen LogP contribution in [0.4, 0.5) is 5.69 Å². The van der Waals surface area contributed by atoms with Crippen LogP contribution >= 0.6 is 0 Å². The van der Waals surface area contributed by atoms with Crippen LogP contribution in [0.5, 0.6) is 0 Å². The summed E-state index contributed by atoms with van der Waals surface area (Å²) in [5.41, 5.74) is 0.813. The Morgan fingerprint density at radius 3 is 2.72 bits per heavy atom. The average molecular weight is 268 g/mol. The summed E-state index contributed by atoms with van der Waals surface area (Å²) in [6.07, 6.45) is 1.05. The summed E-state index contributed by atoms with van der Waals surface area (Å²) in [4.78, 5) is 2.53. The molecule has 1 unspecified atom stereocenters. The Hall–Kier alpha value is -1.07. The van der Waals surface area contributed by atoms with Crippen LogP contribution in [0.1, 0.15) is 13.3 Å². The van der Waals surface area contributed by atoms with Crippen LogP contribution in [0, 0.1) is 0 Å². The molecule has 0 radical (unpaired) electrons. The standard InChI is InChI=1S/C13H20N2O2S/c1-3-18(16,17)13-7-5-4-6-12(13)15(2)11-8-9-14-10-11/h4-7,11,14H,3,8-10H2,1-2H3. The minimum absolute atomic E-state index is 0.140. The van der Waals surface area contributed by atoms with E-state index in [1.54, 1.807) is 19.1 Å². The molecule has 4 nitrogen and oxygen atoms in total. The molecule has 1 atom stereocenters. The van der Waals surface area contributed by atoms with Crippen molar-refractivity contribution in [1.29, 1.82) is 0 Å². The van der Waals surface area contributed by atoms with Crippen LogP contribution in [-0.4, -0.2) is 40.3 Å². The largest absolute Gasteiger partial charge is 0.369 e. The molecule has 0 spiro atoms. The second kappa shape index (κ2) is 5.28. The van der Waals surface area contributed by atoms with Crippen molar-refractivity contribution in [3.05, 3.63) is 24.3 Å². The van der Waals surface area contributed by atoms with Gasteiger partial charge in [0.15, 0.2) is 9.84 Å². The summed E-state index contributed by atoms with van der Waals surface area (Å²) in [7, 11) is -1.19. The lowest BCUT2D eigenvalue weighted by Gasteiger charge is -2.27. The lowest BCUT2D eigenvalue weighted by molar-refractivity contribution is 0.596. The number of anilines is 1. The topological polar surface area (TPSA) is 49.4 Å². The van der Waals surface area contributed by atoms with Gasteiger partial charge >= 0.3 is 0 Å². The molecule has 2 rings (SSSR count). The van der Waals surface area contributed by atoms with Crippen molar-refractivity contribution in [2.75, 3.05) is 30.8 Å². The fraction of sp³-hybridized carbons (Fsp3) is 0.538. The zero-order valence-electron chi connectivity index (χ0n) is 10.9. The molecule has 100 valence electrons. The second-order valence-corrected chi connectivity index (χ2v) is 6.88. The lowest BCUT2D eigenvalue weighted by Crippen LogP contribution is -2.34. The molecule has 1 aliphatic heterocycles. The first-order valence-corrected chi connectivity index (χ1v) is 7.97. The third kappa shape index (κ3) is 2.52. The molecule has 1 aromatic rings. The number of rotatable bonds is 4. The van der Waals surface area contributed by atoms with Crippen LogP contribution in [0.25, 0.3) is 0 Å². The monoisotopic (exact) mass is 268 g/mol. The molecule has 0 saturated carbocycles. The molecule has 0 aromatic heterocycles. The van der Waals surface area contributed by atoms with Crippen molar-refractivity contribution < 1.29 is 8.42 Å². The van der Waals surface area contributed by atoms with Crippen molar-refractivity contribution in [3.63, 3.8) is 0 Å². The summed E-state index contributed by atoms with van der Waals surface area (Å²) >= 11 is 0. The fourth-order valence-corrected chi connectivity index (χ4v) is 3.46. The smallest absolute Gasteiger partial charge is 0.180 e. The number of para-hydroxylation sites is 1. The molecule has 1 aliphatic rings. The Bertz CT molecular complexity index is 507. The van der Waals surface area contributed by atoms with Crippen molar-refractivity contribution in [2.45, 2.75) is 24.3 Å². The first-order valence-electron chi connectivity index (χ1n) is 6.31. The Balaban J connectivity index is 2.38. The molecule has 1 fully saturated rings. The van der Waals surface area contributed by atoms with Gasteiger partial charge in [0.2, 0.25) is 0 Å². The van der Waals surface area contributed by atoms with E-state index >= 15 is 0 Å².